The molecule has 1 N–H and O–H groups in total. The van der Waals surface area contributed by atoms with Gasteiger partial charge in [0.1, 0.15) is 5.82 Å². The maximum atomic E-state index is 10.9. The van der Waals surface area contributed by atoms with E-state index in [1.54, 1.807) is 13.1 Å². The Labute approximate surface area is 75.8 Å². The van der Waals surface area contributed by atoms with Crippen molar-refractivity contribution in [2.45, 2.75) is 6.92 Å². The standard InChI is InChI=1S/C8H9ClN2O/c1-5(12)6-3-7(9)8(10-2)11-4-6/h3-4H,1-2H3,(H,10,11). The van der Waals surface area contributed by atoms with Gasteiger partial charge in [-0.15, -0.1) is 0 Å². The Bertz CT molecular complexity index is 312. The second-order valence-electron chi connectivity index (χ2n) is 2.36. The molecule has 64 valence electrons. The van der Waals surface area contributed by atoms with Crippen molar-refractivity contribution in [3.63, 3.8) is 0 Å². The van der Waals surface area contributed by atoms with E-state index in [2.05, 4.69) is 10.3 Å². The van der Waals surface area contributed by atoms with Gasteiger partial charge in [0.2, 0.25) is 0 Å². The molecule has 0 amide bonds. The number of halogens is 1. The van der Waals surface area contributed by atoms with Crippen molar-refractivity contribution in [3.05, 3.63) is 22.8 Å². The summed E-state index contributed by atoms with van der Waals surface area (Å²) in [6.45, 7) is 1.48. The molecular formula is C8H9ClN2O. The normalized spacial score (nSPS) is 9.58. The van der Waals surface area contributed by atoms with Crippen LogP contribution in [-0.4, -0.2) is 17.8 Å². The second-order valence-corrected chi connectivity index (χ2v) is 2.77. The molecule has 0 radical (unpaired) electrons. The van der Waals surface area contributed by atoms with E-state index < -0.39 is 0 Å². The zero-order valence-corrected chi connectivity index (χ0v) is 7.64. The Balaban J connectivity index is 3.10. The van der Waals surface area contributed by atoms with Crippen LogP contribution in [0.25, 0.3) is 0 Å². The van der Waals surface area contributed by atoms with Crippen molar-refractivity contribution in [2.75, 3.05) is 12.4 Å². The van der Waals surface area contributed by atoms with Gasteiger partial charge in [0.05, 0.1) is 5.02 Å². The lowest BCUT2D eigenvalue weighted by Crippen LogP contribution is -1.97. The van der Waals surface area contributed by atoms with Crippen molar-refractivity contribution >= 4 is 23.2 Å². The van der Waals surface area contributed by atoms with Gasteiger partial charge >= 0.3 is 0 Å². The molecule has 4 heteroatoms. The molecule has 1 rings (SSSR count). The topological polar surface area (TPSA) is 42.0 Å². The van der Waals surface area contributed by atoms with Crippen LogP contribution in [0.1, 0.15) is 17.3 Å². The number of hydrogen-bond donors (Lipinski definition) is 1. The molecule has 3 nitrogen and oxygen atoms in total. The first-order valence-electron chi connectivity index (χ1n) is 3.49. The van der Waals surface area contributed by atoms with Crippen LogP contribution in [0.4, 0.5) is 5.82 Å². The summed E-state index contributed by atoms with van der Waals surface area (Å²) < 4.78 is 0. The average molecular weight is 185 g/mol. The van der Waals surface area contributed by atoms with Gasteiger partial charge in [0.25, 0.3) is 0 Å². The van der Waals surface area contributed by atoms with Crippen LogP contribution in [0.2, 0.25) is 5.02 Å². The van der Waals surface area contributed by atoms with Crippen molar-refractivity contribution in [2.24, 2.45) is 0 Å². The molecule has 0 atom stereocenters. The summed E-state index contributed by atoms with van der Waals surface area (Å²) in [7, 11) is 1.72. The number of pyridine rings is 1. The Morgan fingerprint density at radius 2 is 2.33 bits per heavy atom. The fourth-order valence-corrected chi connectivity index (χ4v) is 1.08. The van der Waals surface area contributed by atoms with Gasteiger partial charge in [0, 0.05) is 18.8 Å². The van der Waals surface area contributed by atoms with E-state index in [1.165, 1.54) is 13.1 Å². The smallest absolute Gasteiger partial charge is 0.161 e. The van der Waals surface area contributed by atoms with Gasteiger partial charge in [-0.2, -0.15) is 0 Å². The van der Waals surface area contributed by atoms with E-state index in [9.17, 15) is 4.79 Å². The first-order chi connectivity index (χ1) is 5.65. The zero-order chi connectivity index (χ0) is 9.14. The van der Waals surface area contributed by atoms with E-state index in [-0.39, 0.29) is 5.78 Å². The van der Waals surface area contributed by atoms with E-state index in [4.69, 9.17) is 11.6 Å². The lowest BCUT2D eigenvalue weighted by molar-refractivity contribution is 0.101. The molecule has 0 unspecified atom stereocenters. The molecule has 0 aliphatic heterocycles. The summed E-state index contributed by atoms with van der Waals surface area (Å²) in [4.78, 5) is 14.8. The lowest BCUT2D eigenvalue weighted by Gasteiger charge is -2.02. The fourth-order valence-electron chi connectivity index (χ4n) is 0.814. The first kappa shape index (κ1) is 9.00. The highest BCUT2D eigenvalue weighted by Gasteiger charge is 2.04. The largest absolute Gasteiger partial charge is 0.372 e. The molecule has 0 saturated heterocycles. The number of nitrogens with zero attached hydrogens (tertiary/aromatic N) is 1. The van der Waals surface area contributed by atoms with E-state index >= 15 is 0 Å². The van der Waals surface area contributed by atoms with Crippen molar-refractivity contribution in [3.8, 4) is 0 Å². The Hall–Kier alpha value is -1.09. The maximum absolute atomic E-state index is 10.9. The number of aromatic nitrogens is 1. The van der Waals surface area contributed by atoms with Crippen molar-refractivity contribution < 1.29 is 4.79 Å². The third-order valence-electron chi connectivity index (χ3n) is 1.48. The minimum atomic E-state index is -0.0351. The third-order valence-corrected chi connectivity index (χ3v) is 1.77. The van der Waals surface area contributed by atoms with Crippen LogP contribution in [0, 0.1) is 0 Å². The van der Waals surface area contributed by atoms with Crippen molar-refractivity contribution in [1.29, 1.82) is 0 Å². The third kappa shape index (κ3) is 1.74. The van der Waals surface area contributed by atoms with E-state index in [0.717, 1.165) is 0 Å². The minimum absolute atomic E-state index is 0.0351. The van der Waals surface area contributed by atoms with Gasteiger partial charge in [-0.3, -0.25) is 4.79 Å². The number of carbonyl (C=O) groups excluding carboxylic acids is 1. The van der Waals surface area contributed by atoms with Crippen LogP contribution in [0.15, 0.2) is 12.3 Å². The molecule has 12 heavy (non-hydrogen) atoms. The molecule has 1 aromatic rings. The summed E-state index contributed by atoms with van der Waals surface area (Å²) in [5.74, 6) is 0.550. The van der Waals surface area contributed by atoms with Crippen molar-refractivity contribution in [1.82, 2.24) is 4.98 Å². The van der Waals surface area contributed by atoms with Gasteiger partial charge in [0.15, 0.2) is 5.78 Å². The Morgan fingerprint density at radius 1 is 1.67 bits per heavy atom. The average Bonchev–Trinajstić information content (AvgIpc) is 2.04. The van der Waals surface area contributed by atoms with E-state index in [0.29, 0.717) is 16.4 Å². The number of anilines is 1. The van der Waals surface area contributed by atoms with Gasteiger partial charge in [-0.1, -0.05) is 11.6 Å². The highest BCUT2D eigenvalue weighted by atomic mass is 35.5. The van der Waals surface area contributed by atoms with Gasteiger partial charge in [-0.05, 0) is 13.0 Å². The predicted octanol–water partition coefficient (Wildman–Crippen LogP) is 1.98. The Kier molecular flexibility index (Phi) is 2.65. The maximum Gasteiger partial charge on any atom is 0.161 e. The van der Waals surface area contributed by atoms with Crippen LogP contribution in [-0.2, 0) is 0 Å². The summed E-state index contributed by atoms with van der Waals surface area (Å²) in [5.41, 5.74) is 0.527. The summed E-state index contributed by atoms with van der Waals surface area (Å²) in [5, 5.41) is 3.27. The van der Waals surface area contributed by atoms with Crippen LogP contribution in [0.5, 0.6) is 0 Å². The molecule has 0 spiro atoms. The van der Waals surface area contributed by atoms with E-state index in [1.807, 2.05) is 0 Å². The molecule has 0 aliphatic rings. The number of Topliss-reactive ketones (excluding diaryl/α,β-unsaturated/α-hetero) is 1. The molecule has 0 aliphatic carbocycles. The van der Waals surface area contributed by atoms with Crippen LogP contribution < -0.4 is 5.32 Å². The molecule has 0 fully saturated rings. The molecule has 1 aromatic heterocycles. The summed E-state index contributed by atoms with van der Waals surface area (Å²) >= 11 is 5.80. The second kappa shape index (κ2) is 3.54. The summed E-state index contributed by atoms with van der Waals surface area (Å²) in [6, 6.07) is 1.60. The van der Waals surface area contributed by atoms with Gasteiger partial charge < -0.3 is 5.32 Å². The number of hydrogen-bond acceptors (Lipinski definition) is 3. The quantitative estimate of drug-likeness (QED) is 0.715. The lowest BCUT2D eigenvalue weighted by atomic mass is 10.2. The highest BCUT2D eigenvalue weighted by molar-refractivity contribution is 6.33. The molecule has 0 saturated carbocycles. The first-order valence-corrected chi connectivity index (χ1v) is 3.87. The van der Waals surface area contributed by atoms with Crippen LogP contribution in [0.3, 0.4) is 0 Å². The molecule has 0 bridgehead atoms. The predicted molar refractivity (Wildman–Crippen MR) is 48.8 cm³/mol. The zero-order valence-electron chi connectivity index (χ0n) is 6.89. The number of ketones is 1. The monoisotopic (exact) mass is 184 g/mol. The van der Waals surface area contributed by atoms with Gasteiger partial charge in [-0.25, -0.2) is 4.98 Å². The molecular weight excluding hydrogens is 176 g/mol. The number of nitrogens with one attached hydrogen (secondary N) is 1. The molecule has 0 aromatic carbocycles. The minimum Gasteiger partial charge on any atom is -0.372 e. The number of rotatable bonds is 2. The molecule has 1 heterocycles. The Morgan fingerprint density at radius 3 is 2.75 bits per heavy atom. The number of carbonyl (C=O) groups is 1. The SMILES string of the molecule is CNc1ncc(C(C)=O)cc1Cl. The highest BCUT2D eigenvalue weighted by Crippen LogP contribution is 2.19. The summed E-state index contributed by atoms with van der Waals surface area (Å²) in [6.07, 6.45) is 1.50. The van der Waals surface area contributed by atoms with Crippen LogP contribution >= 0.6 is 11.6 Å². The fraction of sp³-hybridized carbons (Fsp3) is 0.250.